The maximum atomic E-state index is 13.9. The van der Waals surface area contributed by atoms with Crippen LogP contribution >= 0.6 is 11.6 Å². The monoisotopic (exact) mass is 691 g/mol. The van der Waals surface area contributed by atoms with Gasteiger partial charge in [-0.15, -0.1) is 0 Å². The van der Waals surface area contributed by atoms with Gasteiger partial charge in [-0.3, -0.25) is 4.79 Å². The first-order chi connectivity index (χ1) is 22.6. The minimum Gasteiger partial charge on any atom is -0.497 e. The van der Waals surface area contributed by atoms with Crippen molar-refractivity contribution in [2.24, 2.45) is 0 Å². The second-order valence-corrected chi connectivity index (χ2v) is 14.9. The summed E-state index contributed by atoms with van der Waals surface area (Å²) in [6.07, 6.45) is 6.25. The molecule has 11 heteroatoms. The summed E-state index contributed by atoms with van der Waals surface area (Å²) in [5.74, 6) is 0.552. The molecule has 0 radical (unpaired) electrons. The molecule has 0 spiro atoms. The molecule has 47 heavy (non-hydrogen) atoms. The second-order valence-electron chi connectivity index (χ2n) is 12.7. The first-order valence-electron chi connectivity index (χ1n) is 17.3. The highest BCUT2D eigenvalue weighted by Gasteiger charge is 2.39. The zero-order chi connectivity index (χ0) is 34.0. The normalized spacial score (nSPS) is 20.5. The van der Waals surface area contributed by atoms with Crippen molar-refractivity contribution in [1.29, 1.82) is 0 Å². The molecular formula is C36H54ClN3O6S. The van der Waals surface area contributed by atoms with Crippen molar-refractivity contribution >= 4 is 27.5 Å². The van der Waals surface area contributed by atoms with Crippen LogP contribution < -0.4 is 4.74 Å². The summed E-state index contributed by atoms with van der Waals surface area (Å²) in [5, 5.41) is 0.679. The van der Waals surface area contributed by atoms with Crippen LogP contribution in [0.25, 0.3) is 0 Å². The maximum Gasteiger partial charge on any atom is 0.248 e. The molecule has 3 heterocycles. The fraction of sp³-hybridized carbons (Fsp3) is 0.639. The molecule has 0 N–H and O–H groups in total. The fourth-order valence-corrected chi connectivity index (χ4v) is 9.45. The molecule has 0 aromatic heterocycles. The highest BCUT2D eigenvalue weighted by molar-refractivity contribution is 7.89. The Bertz CT molecular complexity index is 1400. The number of sulfonamides is 1. The minimum absolute atomic E-state index is 0.0784. The summed E-state index contributed by atoms with van der Waals surface area (Å²) in [4.78, 5) is 17.9. The molecule has 3 aliphatic heterocycles. The van der Waals surface area contributed by atoms with Crippen LogP contribution in [0.1, 0.15) is 75.5 Å². The van der Waals surface area contributed by atoms with E-state index in [9.17, 15) is 13.2 Å². The van der Waals surface area contributed by atoms with Crippen LogP contribution in [-0.4, -0.2) is 101 Å². The maximum absolute atomic E-state index is 13.9. The Morgan fingerprint density at radius 1 is 0.957 bits per heavy atom. The fourth-order valence-electron chi connectivity index (χ4n) is 7.17. The van der Waals surface area contributed by atoms with E-state index in [2.05, 4.69) is 11.0 Å². The number of carbonyl (C=O) groups is 1. The van der Waals surface area contributed by atoms with Crippen molar-refractivity contribution in [2.45, 2.75) is 89.2 Å². The Labute approximate surface area is 287 Å². The summed E-state index contributed by atoms with van der Waals surface area (Å²) in [6.45, 7) is 13.0. The van der Waals surface area contributed by atoms with Gasteiger partial charge in [0.1, 0.15) is 12.4 Å². The zero-order valence-electron chi connectivity index (χ0n) is 28.9. The molecule has 9 nitrogen and oxygen atoms in total. The third-order valence-corrected chi connectivity index (χ3v) is 12.1. The van der Waals surface area contributed by atoms with E-state index >= 15 is 0 Å². The van der Waals surface area contributed by atoms with E-state index in [1.165, 1.54) is 12.8 Å². The largest absolute Gasteiger partial charge is 0.497 e. The Morgan fingerprint density at radius 2 is 1.62 bits per heavy atom. The summed E-state index contributed by atoms with van der Waals surface area (Å²) in [6, 6.07) is 11.1. The lowest BCUT2D eigenvalue weighted by Gasteiger charge is -2.42. The van der Waals surface area contributed by atoms with Gasteiger partial charge in [-0.1, -0.05) is 44.0 Å². The second kappa shape index (κ2) is 17.4. The van der Waals surface area contributed by atoms with Crippen LogP contribution in [0.3, 0.4) is 0 Å². The van der Waals surface area contributed by atoms with Gasteiger partial charge in [-0.25, -0.2) is 8.42 Å². The number of amides is 1. The Morgan fingerprint density at radius 3 is 2.26 bits per heavy atom. The van der Waals surface area contributed by atoms with E-state index in [0.717, 1.165) is 38.0 Å². The van der Waals surface area contributed by atoms with Gasteiger partial charge >= 0.3 is 0 Å². The van der Waals surface area contributed by atoms with Crippen molar-refractivity contribution in [3.8, 4) is 5.75 Å². The Kier molecular flexibility index (Phi) is 14.0. The molecule has 5 rings (SSSR count). The topological polar surface area (TPSA) is 88.6 Å². The van der Waals surface area contributed by atoms with Gasteiger partial charge in [-0.2, -0.15) is 4.31 Å². The SMILES string of the molecule is CC.COc1cc(C)c(S(=O)(=O)N2CCCCC2COCC(=O)N2CCC(OCCN3CCCC3)(c3cccc(Cl)c3)CC2)c(C)c1. The van der Waals surface area contributed by atoms with Crippen molar-refractivity contribution < 1.29 is 27.4 Å². The Balaban J connectivity index is 0.00000245. The number of rotatable bonds is 12. The van der Waals surface area contributed by atoms with Crippen molar-refractivity contribution in [3.63, 3.8) is 0 Å². The standard InChI is InChI=1S/C34H48ClN3O6S.C2H6/c1-26-21-31(42-3)22-27(2)33(26)45(40,41)38-16-5-4-11-30(38)24-43-25-32(39)37-17-12-34(13-18-37,28-9-8-10-29(35)23-28)44-20-19-36-14-6-7-15-36;1-2/h8-10,21-23,30H,4-7,11-20,24-25H2,1-3H3;1-2H3. The van der Waals surface area contributed by atoms with Crippen molar-refractivity contribution in [2.75, 3.05) is 66.2 Å². The van der Waals surface area contributed by atoms with E-state index in [1.54, 1.807) is 37.4 Å². The van der Waals surface area contributed by atoms with E-state index in [4.69, 9.17) is 25.8 Å². The number of aryl methyl sites for hydroxylation is 2. The van der Waals surface area contributed by atoms with Crippen LogP contribution in [0, 0.1) is 13.8 Å². The molecule has 3 saturated heterocycles. The summed E-state index contributed by atoms with van der Waals surface area (Å²) < 4.78 is 47.2. The molecule has 0 aliphatic carbocycles. The smallest absolute Gasteiger partial charge is 0.248 e. The number of ether oxygens (including phenoxy) is 3. The number of hydrogen-bond acceptors (Lipinski definition) is 7. The highest BCUT2D eigenvalue weighted by atomic mass is 35.5. The summed E-state index contributed by atoms with van der Waals surface area (Å²) in [5.41, 5.74) is 1.88. The highest BCUT2D eigenvalue weighted by Crippen LogP contribution is 2.38. The molecule has 1 unspecified atom stereocenters. The molecular weight excluding hydrogens is 638 g/mol. The third-order valence-electron chi connectivity index (χ3n) is 9.60. The molecule has 0 saturated carbocycles. The average molecular weight is 692 g/mol. The van der Waals surface area contributed by atoms with Crippen LogP contribution in [0.2, 0.25) is 5.02 Å². The molecule has 2 aromatic carbocycles. The lowest BCUT2D eigenvalue weighted by molar-refractivity contribution is -0.144. The van der Waals surface area contributed by atoms with Crippen LogP contribution in [0.15, 0.2) is 41.3 Å². The van der Waals surface area contributed by atoms with E-state index in [0.29, 0.717) is 72.3 Å². The molecule has 262 valence electrons. The Hall–Kier alpha value is -2.21. The van der Waals surface area contributed by atoms with Crippen molar-refractivity contribution in [3.05, 3.63) is 58.1 Å². The van der Waals surface area contributed by atoms with Crippen LogP contribution in [-0.2, 0) is 29.9 Å². The number of carbonyl (C=O) groups excluding carboxylic acids is 1. The van der Waals surface area contributed by atoms with Gasteiger partial charge in [0, 0.05) is 37.2 Å². The van der Waals surface area contributed by atoms with Gasteiger partial charge in [0.2, 0.25) is 15.9 Å². The summed E-state index contributed by atoms with van der Waals surface area (Å²) >= 11 is 6.37. The van der Waals surface area contributed by atoms with Gasteiger partial charge in [0.15, 0.2) is 0 Å². The molecule has 1 amide bonds. The number of methoxy groups -OCH3 is 1. The van der Waals surface area contributed by atoms with Crippen LogP contribution in [0.4, 0.5) is 0 Å². The minimum atomic E-state index is -3.75. The molecule has 3 fully saturated rings. The summed E-state index contributed by atoms with van der Waals surface area (Å²) in [7, 11) is -2.17. The lowest BCUT2D eigenvalue weighted by Crippen LogP contribution is -2.49. The third kappa shape index (κ3) is 9.28. The first-order valence-corrected chi connectivity index (χ1v) is 19.1. The zero-order valence-corrected chi connectivity index (χ0v) is 30.5. The number of nitrogens with zero attached hydrogens (tertiary/aromatic N) is 3. The molecule has 3 aliphatic rings. The number of hydrogen-bond donors (Lipinski definition) is 0. The predicted molar refractivity (Wildman–Crippen MR) is 187 cm³/mol. The number of benzene rings is 2. The molecule has 0 bridgehead atoms. The number of likely N-dealkylation sites (tertiary alicyclic amines) is 2. The predicted octanol–water partition coefficient (Wildman–Crippen LogP) is 6.18. The lowest BCUT2D eigenvalue weighted by atomic mass is 9.84. The van der Waals surface area contributed by atoms with Gasteiger partial charge < -0.3 is 24.0 Å². The number of piperidine rings is 2. The first kappa shape index (κ1) is 37.6. The quantitative estimate of drug-likeness (QED) is 0.263. The van der Waals surface area contributed by atoms with E-state index in [-0.39, 0.29) is 25.2 Å². The molecule has 1 atom stereocenters. The van der Waals surface area contributed by atoms with E-state index in [1.807, 2.05) is 36.9 Å². The van der Waals surface area contributed by atoms with Gasteiger partial charge in [0.05, 0.1) is 30.8 Å². The van der Waals surface area contributed by atoms with Crippen molar-refractivity contribution in [1.82, 2.24) is 14.1 Å². The van der Waals surface area contributed by atoms with E-state index < -0.39 is 15.6 Å². The molecule has 2 aromatic rings. The van der Waals surface area contributed by atoms with Gasteiger partial charge in [0.25, 0.3) is 0 Å². The van der Waals surface area contributed by atoms with Gasteiger partial charge in [-0.05, 0) is 106 Å². The average Bonchev–Trinajstić information content (AvgIpc) is 3.59. The number of halogens is 1. The van der Waals surface area contributed by atoms with Crippen LogP contribution in [0.5, 0.6) is 5.75 Å².